The Balaban J connectivity index is 1.50. The Morgan fingerprint density at radius 2 is 1.81 bits per heavy atom. The van der Waals surface area contributed by atoms with Crippen LogP contribution in [0.3, 0.4) is 0 Å². The Bertz CT molecular complexity index is 961. The summed E-state index contributed by atoms with van der Waals surface area (Å²) < 4.78 is 0. The average Bonchev–Trinajstić information content (AvgIpc) is 3.29. The summed E-state index contributed by atoms with van der Waals surface area (Å²) in [5.41, 5.74) is 4.51. The van der Waals surface area contributed by atoms with Crippen LogP contribution in [0, 0.1) is 10.1 Å². The number of benzene rings is 2. The monoisotopic (exact) mass is 441 g/mol. The van der Waals surface area contributed by atoms with Crippen molar-refractivity contribution in [2.75, 3.05) is 34.8 Å². The molecule has 10 heteroatoms. The van der Waals surface area contributed by atoms with Crippen molar-refractivity contribution in [1.82, 2.24) is 5.43 Å². The van der Waals surface area contributed by atoms with E-state index in [1.807, 2.05) is 18.2 Å². The molecule has 1 aliphatic heterocycles. The van der Waals surface area contributed by atoms with E-state index in [-0.39, 0.29) is 29.0 Å². The van der Waals surface area contributed by atoms with Gasteiger partial charge in [0.05, 0.1) is 22.6 Å². The molecule has 1 aliphatic rings. The van der Waals surface area contributed by atoms with E-state index < -0.39 is 4.92 Å². The summed E-state index contributed by atoms with van der Waals surface area (Å²) in [5, 5.41) is 17.8. The second-order valence-electron chi connectivity index (χ2n) is 6.89. The summed E-state index contributed by atoms with van der Waals surface area (Å²) >= 11 is 1.17. The predicted octanol–water partition coefficient (Wildman–Crippen LogP) is 3.02. The molecule has 2 aromatic carbocycles. The molecule has 2 N–H and O–H groups in total. The van der Waals surface area contributed by atoms with Gasteiger partial charge in [0.1, 0.15) is 0 Å². The summed E-state index contributed by atoms with van der Waals surface area (Å²) in [4.78, 5) is 36.7. The van der Waals surface area contributed by atoms with Crippen molar-refractivity contribution >= 4 is 46.9 Å². The fourth-order valence-electron chi connectivity index (χ4n) is 3.17. The van der Waals surface area contributed by atoms with Crippen LogP contribution in [-0.2, 0) is 9.59 Å². The van der Waals surface area contributed by atoms with E-state index in [1.165, 1.54) is 30.1 Å². The number of thioether (sulfide) groups is 1. The predicted molar refractivity (Wildman–Crippen MR) is 123 cm³/mol. The lowest BCUT2D eigenvalue weighted by molar-refractivity contribution is -0.384. The van der Waals surface area contributed by atoms with Crippen LogP contribution in [-0.4, -0.2) is 47.5 Å². The van der Waals surface area contributed by atoms with Crippen molar-refractivity contribution < 1.29 is 14.5 Å². The Labute approximate surface area is 184 Å². The molecule has 1 saturated heterocycles. The molecule has 0 spiro atoms. The van der Waals surface area contributed by atoms with E-state index in [2.05, 4.69) is 20.7 Å². The molecule has 2 aromatic rings. The first-order valence-corrected chi connectivity index (χ1v) is 11.0. The Hall–Kier alpha value is -3.40. The van der Waals surface area contributed by atoms with Gasteiger partial charge in [-0.15, -0.1) is 11.8 Å². The summed E-state index contributed by atoms with van der Waals surface area (Å²) in [6, 6.07) is 13.7. The Morgan fingerprint density at radius 3 is 2.52 bits per heavy atom. The van der Waals surface area contributed by atoms with E-state index in [0.717, 1.165) is 31.6 Å². The van der Waals surface area contributed by atoms with Crippen LogP contribution in [0.4, 0.5) is 17.1 Å². The molecule has 0 aromatic heterocycles. The van der Waals surface area contributed by atoms with E-state index in [1.54, 1.807) is 18.2 Å². The molecule has 9 nitrogen and oxygen atoms in total. The number of nitro benzene ring substituents is 1. The molecule has 0 atom stereocenters. The minimum absolute atomic E-state index is 0.0318. The van der Waals surface area contributed by atoms with Gasteiger partial charge in [-0.2, -0.15) is 5.10 Å². The van der Waals surface area contributed by atoms with Crippen molar-refractivity contribution in [2.24, 2.45) is 5.10 Å². The molecular weight excluding hydrogens is 418 g/mol. The molecule has 162 valence electrons. The van der Waals surface area contributed by atoms with E-state index in [4.69, 9.17) is 0 Å². The number of non-ortho nitro benzene ring substituents is 1. The van der Waals surface area contributed by atoms with Gasteiger partial charge in [0.25, 0.3) is 5.69 Å². The molecule has 1 fully saturated rings. The number of para-hydroxylation sites is 1. The highest BCUT2D eigenvalue weighted by Crippen LogP contribution is 2.27. The molecule has 0 unspecified atom stereocenters. The first kappa shape index (κ1) is 22.3. The maximum absolute atomic E-state index is 12.0. The summed E-state index contributed by atoms with van der Waals surface area (Å²) in [6.07, 6.45) is 3.56. The van der Waals surface area contributed by atoms with Crippen LogP contribution in [0.25, 0.3) is 0 Å². The number of rotatable bonds is 9. The number of nitrogens with zero attached hydrogens (tertiary/aromatic N) is 3. The number of hydrogen-bond donors (Lipinski definition) is 2. The number of hydrazone groups is 1. The largest absolute Gasteiger partial charge is 0.371 e. The first-order valence-electron chi connectivity index (χ1n) is 9.81. The SMILES string of the molecule is O=C(CSCC(=O)Nc1ccccc1)NN=Cc1cc([N+](=O)[O-])ccc1N1CCCC1. The maximum Gasteiger partial charge on any atom is 0.270 e. The standard InChI is InChI=1S/C21H23N5O4S/c27-20(23-17-6-2-1-3-7-17)14-31-15-21(28)24-22-13-16-12-18(26(29)30)8-9-19(16)25-10-4-5-11-25/h1-3,6-9,12-13H,4-5,10-11,14-15H2,(H,23,27)(H,24,28). The number of carbonyl (C=O) groups excluding carboxylic acids is 2. The Morgan fingerprint density at radius 1 is 1.10 bits per heavy atom. The lowest BCUT2D eigenvalue weighted by Crippen LogP contribution is -2.22. The zero-order chi connectivity index (χ0) is 22.1. The van der Waals surface area contributed by atoms with E-state index in [9.17, 15) is 19.7 Å². The number of carbonyl (C=O) groups is 2. The molecular formula is C21H23N5O4S. The lowest BCUT2D eigenvalue weighted by Gasteiger charge is -2.19. The highest BCUT2D eigenvalue weighted by Gasteiger charge is 2.18. The highest BCUT2D eigenvalue weighted by molar-refractivity contribution is 8.00. The van der Waals surface area contributed by atoms with Gasteiger partial charge in [0, 0.05) is 42.2 Å². The number of nitrogens with one attached hydrogen (secondary N) is 2. The molecule has 0 radical (unpaired) electrons. The Kier molecular flexibility index (Phi) is 7.99. The number of anilines is 2. The zero-order valence-electron chi connectivity index (χ0n) is 16.8. The zero-order valence-corrected chi connectivity index (χ0v) is 17.6. The minimum atomic E-state index is -0.458. The third-order valence-corrected chi connectivity index (χ3v) is 5.52. The molecule has 0 bridgehead atoms. The van der Waals surface area contributed by atoms with Gasteiger partial charge in [-0.1, -0.05) is 18.2 Å². The van der Waals surface area contributed by atoms with Crippen LogP contribution in [0.1, 0.15) is 18.4 Å². The first-order chi connectivity index (χ1) is 15.0. The fraction of sp³-hybridized carbons (Fsp3) is 0.286. The van der Waals surface area contributed by atoms with Crippen molar-refractivity contribution in [1.29, 1.82) is 0 Å². The second kappa shape index (κ2) is 11.1. The molecule has 31 heavy (non-hydrogen) atoms. The smallest absolute Gasteiger partial charge is 0.270 e. The van der Waals surface area contributed by atoms with Crippen LogP contribution in [0.5, 0.6) is 0 Å². The summed E-state index contributed by atoms with van der Waals surface area (Å²) in [5.74, 6) is -0.356. The lowest BCUT2D eigenvalue weighted by atomic mass is 10.1. The third-order valence-electron chi connectivity index (χ3n) is 4.59. The van der Waals surface area contributed by atoms with Crippen molar-refractivity contribution in [3.63, 3.8) is 0 Å². The van der Waals surface area contributed by atoms with Gasteiger partial charge in [-0.25, -0.2) is 5.43 Å². The topological polar surface area (TPSA) is 117 Å². The fourth-order valence-corrected chi connectivity index (χ4v) is 3.78. The second-order valence-corrected chi connectivity index (χ2v) is 7.88. The number of amides is 2. The third kappa shape index (κ3) is 6.82. The summed E-state index contributed by atoms with van der Waals surface area (Å²) in [6.45, 7) is 1.76. The molecule has 3 rings (SSSR count). The maximum atomic E-state index is 12.0. The van der Waals surface area contributed by atoms with Crippen molar-refractivity contribution in [2.45, 2.75) is 12.8 Å². The van der Waals surface area contributed by atoms with Gasteiger partial charge >= 0.3 is 0 Å². The van der Waals surface area contributed by atoms with Gasteiger partial charge in [-0.3, -0.25) is 19.7 Å². The van der Waals surface area contributed by atoms with Crippen LogP contribution < -0.4 is 15.6 Å². The average molecular weight is 442 g/mol. The highest BCUT2D eigenvalue weighted by atomic mass is 32.2. The molecule has 2 amide bonds. The van der Waals surface area contributed by atoms with E-state index in [0.29, 0.717) is 11.3 Å². The molecule has 1 heterocycles. The van der Waals surface area contributed by atoms with Gasteiger partial charge in [-0.05, 0) is 31.0 Å². The number of hydrogen-bond acceptors (Lipinski definition) is 7. The van der Waals surface area contributed by atoms with Crippen LogP contribution in [0.2, 0.25) is 0 Å². The van der Waals surface area contributed by atoms with E-state index >= 15 is 0 Å². The molecule has 0 saturated carbocycles. The van der Waals surface area contributed by atoms with Crippen LogP contribution >= 0.6 is 11.8 Å². The normalized spacial score (nSPS) is 13.4. The van der Waals surface area contributed by atoms with Gasteiger partial charge < -0.3 is 10.2 Å². The summed E-state index contributed by atoms with van der Waals surface area (Å²) in [7, 11) is 0. The van der Waals surface area contributed by atoms with Crippen molar-refractivity contribution in [3.05, 3.63) is 64.2 Å². The molecule has 0 aliphatic carbocycles. The number of nitro groups is 1. The van der Waals surface area contributed by atoms with Crippen molar-refractivity contribution in [3.8, 4) is 0 Å². The van der Waals surface area contributed by atoms with Gasteiger partial charge in [0.15, 0.2) is 0 Å². The van der Waals surface area contributed by atoms with Crippen LogP contribution in [0.15, 0.2) is 53.6 Å². The quantitative estimate of drug-likeness (QED) is 0.351. The minimum Gasteiger partial charge on any atom is -0.371 e. The van der Waals surface area contributed by atoms with Gasteiger partial charge in [0.2, 0.25) is 11.8 Å².